The lowest BCUT2D eigenvalue weighted by molar-refractivity contribution is 0.482. The number of thioether (sulfide) groups is 1. The largest absolute Gasteiger partial charge is 0.324 e. The summed E-state index contributed by atoms with van der Waals surface area (Å²) in [7, 11) is 0. The molecule has 0 bridgehead atoms. The fourth-order valence-electron chi connectivity index (χ4n) is 1.35. The maximum Gasteiger partial charge on any atom is 0.0684 e. The molecule has 0 saturated carbocycles. The van der Waals surface area contributed by atoms with Gasteiger partial charge in [-0.25, -0.2) is 0 Å². The van der Waals surface area contributed by atoms with E-state index < -0.39 is 0 Å². The first-order valence-corrected chi connectivity index (χ1v) is 6.83. The van der Waals surface area contributed by atoms with E-state index in [1.165, 1.54) is 4.90 Å². The lowest BCUT2D eigenvalue weighted by atomic mass is 9.93. The third kappa shape index (κ3) is 4.80. The third-order valence-electron chi connectivity index (χ3n) is 2.70. The Bertz CT molecular complexity index is 388. The average molecular weight is 248 g/mol. The van der Waals surface area contributed by atoms with E-state index in [1.54, 1.807) is 11.8 Å². The number of nitriles is 1. The van der Waals surface area contributed by atoms with Crippen LogP contribution in [0.5, 0.6) is 0 Å². The van der Waals surface area contributed by atoms with Crippen LogP contribution >= 0.6 is 11.8 Å². The Hall–Kier alpha value is -0.980. The zero-order valence-corrected chi connectivity index (χ0v) is 11.6. The van der Waals surface area contributed by atoms with Crippen molar-refractivity contribution in [3.8, 4) is 6.07 Å². The summed E-state index contributed by atoms with van der Waals surface area (Å²) in [6.07, 6.45) is 0.906. The van der Waals surface area contributed by atoms with E-state index in [-0.39, 0.29) is 11.5 Å². The van der Waals surface area contributed by atoms with E-state index >= 15 is 0 Å². The second-order valence-corrected chi connectivity index (χ2v) is 6.12. The van der Waals surface area contributed by atoms with E-state index in [9.17, 15) is 0 Å². The standard InChI is InChI=1S/C14H20N2S/c1-11(16)12-4-6-13(7-5-12)17-9-8-14(2,3)10-15/h4-7,11H,8-9,16H2,1-3H3. The Morgan fingerprint density at radius 2 is 1.94 bits per heavy atom. The predicted octanol–water partition coefficient (Wildman–Crippen LogP) is 3.74. The van der Waals surface area contributed by atoms with Gasteiger partial charge in [-0.2, -0.15) is 5.26 Å². The number of benzene rings is 1. The predicted molar refractivity (Wildman–Crippen MR) is 73.8 cm³/mol. The van der Waals surface area contributed by atoms with Crippen LogP contribution in [-0.4, -0.2) is 5.75 Å². The molecular weight excluding hydrogens is 228 g/mol. The van der Waals surface area contributed by atoms with Gasteiger partial charge in [0, 0.05) is 10.9 Å². The zero-order chi connectivity index (χ0) is 12.9. The highest BCUT2D eigenvalue weighted by atomic mass is 32.2. The lowest BCUT2D eigenvalue weighted by Gasteiger charge is -2.14. The molecule has 0 heterocycles. The second kappa shape index (κ2) is 6.09. The van der Waals surface area contributed by atoms with Gasteiger partial charge < -0.3 is 5.73 Å². The van der Waals surface area contributed by atoms with Gasteiger partial charge in [-0.1, -0.05) is 12.1 Å². The summed E-state index contributed by atoms with van der Waals surface area (Å²) in [5.74, 6) is 0.970. The molecule has 0 aromatic heterocycles. The van der Waals surface area contributed by atoms with Crippen LogP contribution in [0.1, 0.15) is 38.8 Å². The molecule has 2 nitrogen and oxygen atoms in total. The van der Waals surface area contributed by atoms with Crippen LogP contribution in [0, 0.1) is 16.7 Å². The summed E-state index contributed by atoms with van der Waals surface area (Å²) in [6.45, 7) is 5.94. The van der Waals surface area contributed by atoms with Gasteiger partial charge in [0.25, 0.3) is 0 Å². The van der Waals surface area contributed by atoms with Crippen LogP contribution < -0.4 is 5.73 Å². The molecule has 0 amide bonds. The highest BCUT2D eigenvalue weighted by Gasteiger charge is 2.15. The molecule has 2 N–H and O–H groups in total. The van der Waals surface area contributed by atoms with Crippen molar-refractivity contribution in [1.29, 1.82) is 5.26 Å². The van der Waals surface area contributed by atoms with Crippen molar-refractivity contribution in [2.45, 2.75) is 38.1 Å². The summed E-state index contributed by atoms with van der Waals surface area (Å²) in [5, 5.41) is 8.92. The van der Waals surface area contributed by atoms with Crippen molar-refractivity contribution in [3.05, 3.63) is 29.8 Å². The topological polar surface area (TPSA) is 49.8 Å². The van der Waals surface area contributed by atoms with Crippen LogP contribution in [0.3, 0.4) is 0 Å². The number of nitrogens with zero attached hydrogens (tertiary/aromatic N) is 1. The molecule has 92 valence electrons. The Labute approximate surface area is 108 Å². The number of nitrogens with two attached hydrogens (primary N) is 1. The normalized spacial score (nSPS) is 13.1. The molecule has 0 radical (unpaired) electrons. The van der Waals surface area contributed by atoms with Gasteiger partial charge in [0.15, 0.2) is 0 Å². The van der Waals surface area contributed by atoms with Gasteiger partial charge in [0.2, 0.25) is 0 Å². The molecule has 0 aliphatic rings. The first kappa shape index (κ1) is 14.1. The molecule has 1 unspecified atom stereocenters. The molecular formula is C14H20N2S. The number of hydrogen-bond acceptors (Lipinski definition) is 3. The van der Waals surface area contributed by atoms with Crippen molar-refractivity contribution in [1.82, 2.24) is 0 Å². The van der Waals surface area contributed by atoms with E-state index in [2.05, 4.69) is 30.3 Å². The molecule has 3 heteroatoms. The van der Waals surface area contributed by atoms with Crippen molar-refractivity contribution in [3.63, 3.8) is 0 Å². The number of rotatable bonds is 5. The minimum absolute atomic E-state index is 0.0894. The lowest BCUT2D eigenvalue weighted by Crippen LogP contribution is -2.08. The summed E-state index contributed by atoms with van der Waals surface area (Å²) in [6, 6.07) is 10.8. The van der Waals surface area contributed by atoms with Gasteiger partial charge >= 0.3 is 0 Å². The van der Waals surface area contributed by atoms with Crippen molar-refractivity contribution < 1.29 is 0 Å². The maximum absolute atomic E-state index is 8.92. The molecule has 0 spiro atoms. The molecule has 0 aliphatic heterocycles. The van der Waals surface area contributed by atoms with Gasteiger partial charge in [-0.15, -0.1) is 11.8 Å². The fourth-order valence-corrected chi connectivity index (χ4v) is 2.52. The Kier molecular flexibility index (Phi) is 5.04. The van der Waals surface area contributed by atoms with Crippen molar-refractivity contribution in [2.24, 2.45) is 11.1 Å². The van der Waals surface area contributed by atoms with Crippen molar-refractivity contribution >= 4 is 11.8 Å². The summed E-state index contributed by atoms with van der Waals surface area (Å²) < 4.78 is 0. The molecule has 1 rings (SSSR count). The van der Waals surface area contributed by atoms with E-state index in [4.69, 9.17) is 11.0 Å². The van der Waals surface area contributed by atoms with Gasteiger partial charge in [-0.05, 0) is 50.6 Å². The van der Waals surface area contributed by atoms with Crippen LogP contribution in [0.25, 0.3) is 0 Å². The molecule has 0 saturated heterocycles. The summed E-state index contributed by atoms with van der Waals surface area (Å²) in [5.41, 5.74) is 6.73. The van der Waals surface area contributed by atoms with Gasteiger partial charge in [-0.3, -0.25) is 0 Å². The van der Waals surface area contributed by atoms with Crippen molar-refractivity contribution in [2.75, 3.05) is 5.75 Å². The van der Waals surface area contributed by atoms with Crippen LogP contribution in [-0.2, 0) is 0 Å². The molecule has 1 aromatic rings. The number of hydrogen-bond donors (Lipinski definition) is 1. The summed E-state index contributed by atoms with van der Waals surface area (Å²) in [4.78, 5) is 1.24. The molecule has 0 aliphatic carbocycles. The minimum atomic E-state index is -0.223. The monoisotopic (exact) mass is 248 g/mol. The quantitative estimate of drug-likeness (QED) is 0.808. The highest BCUT2D eigenvalue weighted by molar-refractivity contribution is 7.99. The van der Waals surface area contributed by atoms with Crippen LogP contribution in [0.15, 0.2) is 29.2 Å². The van der Waals surface area contributed by atoms with E-state index in [0.29, 0.717) is 0 Å². The molecule has 1 aromatic carbocycles. The second-order valence-electron chi connectivity index (χ2n) is 4.95. The highest BCUT2D eigenvalue weighted by Crippen LogP contribution is 2.26. The van der Waals surface area contributed by atoms with Gasteiger partial charge in [0.05, 0.1) is 11.5 Å². The van der Waals surface area contributed by atoms with Crippen LogP contribution in [0.4, 0.5) is 0 Å². The molecule has 0 fully saturated rings. The first-order valence-electron chi connectivity index (χ1n) is 5.84. The Morgan fingerprint density at radius 3 is 2.41 bits per heavy atom. The minimum Gasteiger partial charge on any atom is -0.324 e. The van der Waals surface area contributed by atoms with Crippen LogP contribution in [0.2, 0.25) is 0 Å². The van der Waals surface area contributed by atoms with E-state index in [1.807, 2.05) is 20.8 Å². The fraction of sp³-hybridized carbons (Fsp3) is 0.500. The smallest absolute Gasteiger partial charge is 0.0684 e. The molecule has 17 heavy (non-hydrogen) atoms. The maximum atomic E-state index is 8.92. The zero-order valence-electron chi connectivity index (χ0n) is 10.7. The Balaban J connectivity index is 2.46. The first-order chi connectivity index (χ1) is 7.94. The molecule has 1 atom stereocenters. The Morgan fingerprint density at radius 1 is 1.35 bits per heavy atom. The average Bonchev–Trinajstić information content (AvgIpc) is 2.29. The van der Waals surface area contributed by atoms with E-state index in [0.717, 1.165) is 17.7 Å². The summed E-state index contributed by atoms with van der Waals surface area (Å²) >= 11 is 1.79. The van der Waals surface area contributed by atoms with Gasteiger partial charge in [0.1, 0.15) is 0 Å². The SMILES string of the molecule is CC(N)c1ccc(SCCC(C)(C)C#N)cc1. The third-order valence-corrected chi connectivity index (χ3v) is 3.72.